The van der Waals surface area contributed by atoms with Crippen LogP contribution in [-0.4, -0.2) is 24.5 Å². The first-order valence-electron chi connectivity index (χ1n) is 7.01. The highest BCUT2D eigenvalue weighted by Gasteiger charge is 2.11. The van der Waals surface area contributed by atoms with Crippen LogP contribution in [0.15, 0.2) is 48.5 Å². The Hall–Kier alpha value is -2.80. The first-order chi connectivity index (χ1) is 10.6. The number of aryl methyl sites for hydroxylation is 1. The molecule has 0 spiro atoms. The lowest BCUT2D eigenvalue weighted by molar-refractivity contribution is -0.132. The Morgan fingerprint density at radius 3 is 2.50 bits per heavy atom. The van der Waals surface area contributed by atoms with Crippen LogP contribution in [0.3, 0.4) is 0 Å². The number of nitrogens with zero attached hydrogens (tertiary/aromatic N) is 2. The van der Waals surface area contributed by atoms with Gasteiger partial charge in [0.1, 0.15) is 5.75 Å². The highest BCUT2D eigenvalue weighted by molar-refractivity contribution is 5.77. The van der Waals surface area contributed by atoms with Crippen molar-refractivity contribution in [3.05, 3.63) is 65.2 Å². The Balaban J connectivity index is 1.88. The molecule has 0 aliphatic carbocycles. The minimum atomic E-state index is -0.0902. The van der Waals surface area contributed by atoms with Crippen molar-refractivity contribution in [3.63, 3.8) is 0 Å². The van der Waals surface area contributed by atoms with Crippen molar-refractivity contribution in [1.82, 2.24) is 4.90 Å². The molecular weight excluding hydrogens is 276 g/mol. The summed E-state index contributed by atoms with van der Waals surface area (Å²) in [6.07, 6.45) is 0. The highest BCUT2D eigenvalue weighted by atomic mass is 16.5. The van der Waals surface area contributed by atoms with Gasteiger partial charge in [-0.1, -0.05) is 24.3 Å². The maximum Gasteiger partial charge on any atom is 0.260 e. The fraction of sp³-hybridized carbons (Fsp3) is 0.222. The molecule has 1 amide bonds. The molecule has 4 nitrogen and oxygen atoms in total. The van der Waals surface area contributed by atoms with Gasteiger partial charge in [-0.05, 0) is 42.3 Å². The molecule has 112 valence electrons. The van der Waals surface area contributed by atoms with Crippen molar-refractivity contribution in [2.45, 2.75) is 13.5 Å². The van der Waals surface area contributed by atoms with Gasteiger partial charge in [-0.25, -0.2) is 0 Å². The van der Waals surface area contributed by atoms with Crippen LogP contribution in [0.4, 0.5) is 0 Å². The van der Waals surface area contributed by atoms with E-state index in [1.54, 1.807) is 36.2 Å². The van der Waals surface area contributed by atoms with Crippen LogP contribution in [0, 0.1) is 18.3 Å². The molecule has 0 N–H and O–H groups in total. The maximum atomic E-state index is 12.1. The lowest BCUT2D eigenvalue weighted by Gasteiger charge is -2.18. The molecule has 0 aromatic heterocycles. The Bertz CT molecular complexity index is 687. The van der Waals surface area contributed by atoms with Gasteiger partial charge in [-0.3, -0.25) is 4.79 Å². The summed E-state index contributed by atoms with van der Waals surface area (Å²) in [7, 11) is 1.76. The lowest BCUT2D eigenvalue weighted by Crippen LogP contribution is -2.31. The van der Waals surface area contributed by atoms with Crippen molar-refractivity contribution in [2.24, 2.45) is 0 Å². The second-order valence-electron chi connectivity index (χ2n) is 5.10. The molecule has 0 heterocycles. The van der Waals surface area contributed by atoms with Crippen LogP contribution in [-0.2, 0) is 11.3 Å². The number of carbonyl (C=O) groups excluding carboxylic acids is 1. The fourth-order valence-corrected chi connectivity index (χ4v) is 2.01. The molecule has 0 saturated heterocycles. The summed E-state index contributed by atoms with van der Waals surface area (Å²) >= 11 is 0. The van der Waals surface area contributed by atoms with E-state index in [2.05, 4.69) is 0 Å². The number of hydrogen-bond donors (Lipinski definition) is 0. The normalized spacial score (nSPS) is 9.86. The summed E-state index contributed by atoms with van der Waals surface area (Å²) in [5, 5.41) is 8.73. The molecule has 0 aliphatic rings. The Morgan fingerprint density at radius 1 is 1.18 bits per heavy atom. The molecule has 0 radical (unpaired) electrons. The summed E-state index contributed by atoms with van der Waals surface area (Å²) in [4.78, 5) is 13.7. The number of rotatable bonds is 5. The van der Waals surface area contributed by atoms with Crippen LogP contribution in [0.2, 0.25) is 0 Å². The molecule has 0 bridgehead atoms. The van der Waals surface area contributed by atoms with E-state index in [1.807, 2.05) is 37.3 Å². The van der Waals surface area contributed by atoms with Gasteiger partial charge in [0.05, 0.1) is 11.6 Å². The third-order valence-corrected chi connectivity index (χ3v) is 3.44. The van der Waals surface area contributed by atoms with Crippen molar-refractivity contribution >= 4 is 5.91 Å². The number of amides is 1. The van der Waals surface area contributed by atoms with E-state index < -0.39 is 0 Å². The summed E-state index contributed by atoms with van der Waals surface area (Å²) < 4.78 is 5.46. The number of likely N-dealkylation sites (N-methyl/N-ethyl adjacent to an activating group) is 1. The second-order valence-corrected chi connectivity index (χ2v) is 5.10. The molecule has 0 aliphatic heterocycles. The van der Waals surface area contributed by atoms with Gasteiger partial charge in [0.25, 0.3) is 5.91 Å². The van der Waals surface area contributed by atoms with E-state index in [0.29, 0.717) is 17.9 Å². The zero-order chi connectivity index (χ0) is 15.9. The SMILES string of the molecule is Cc1ccccc1CN(C)C(=O)COc1ccc(C#N)cc1. The standard InChI is InChI=1S/C18H18N2O2/c1-14-5-3-4-6-16(14)12-20(2)18(21)13-22-17-9-7-15(11-19)8-10-17/h3-10H,12-13H2,1-2H3. The van der Waals surface area contributed by atoms with Crippen LogP contribution in [0.1, 0.15) is 16.7 Å². The van der Waals surface area contributed by atoms with Crippen molar-refractivity contribution in [2.75, 3.05) is 13.7 Å². The van der Waals surface area contributed by atoms with E-state index in [9.17, 15) is 4.79 Å². The number of ether oxygens (including phenoxy) is 1. The maximum absolute atomic E-state index is 12.1. The number of hydrogen-bond acceptors (Lipinski definition) is 3. The minimum absolute atomic E-state index is 0.0196. The molecular formula is C18H18N2O2. The molecule has 0 unspecified atom stereocenters. The average Bonchev–Trinajstić information content (AvgIpc) is 2.55. The van der Waals surface area contributed by atoms with Gasteiger partial charge < -0.3 is 9.64 Å². The molecule has 2 aromatic carbocycles. The monoisotopic (exact) mass is 294 g/mol. The van der Waals surface area contributed by atoms with Crippen LogP contribution >= 0.6 is 0 Å². The summed E-state index contributed by atoms with van der Waals surface area (Å²) in [6, 6.07) is 16.7. The van der Waals surface area contributed by atoms with Gasteiger partial charge in [0.2, 0.25) is 0 Å². The smallest absolute Gasteiger partial charge is 0.260 e. The first-order valence-corrected chi connectivity index (χ1v) is 7.01. The van der Waals surface area contributed by atoms with Gasteiger partial charge in [0, 0.05) is 13.6 Å². The Morgan fingerprint density at radius 2 is 1.86 bits per heavy atom. The third-order valence-electron chi connectivity index (χ3n) is 3.44. The third kappa shape index (κ3) is 4.10. The van der Waals surface area contributed by atoms with Crippen LogP contribution in [0.5, 0.6) is 5.75 Å². The quantitative estimate of drug-likeness (QED) is 0.852. The fourth-order valence-electron chi connectivity index (χ4n) is 2.01. The molecule has 2 rings (SSSR count). The second kappa shape index (κ2) is 7.28. The van der Waals surface area contributed by atoms with Crippen LogP contribution < -0.4 is 4.74 Å². The van der Waals surface area contributed by atoms with Gasteiger partial charge in [-0.15, -0.1) is 0 Å². The van der Waals surface area contributed by atoms with E-state index in [0.717, 1.165) is 11.1 Å². The zero-order valence-electron chi connectivity index (χ0n) is 12.7. The van der Waals surface area contributed by atoms with Gasteiger partial charge >= 0.3 is 0 Å². The van der Waals surface area contributed by atoms with Crippen LogP contribution in [0.25, 0.3) is 0 Å². The number of carbonyl (C=O) groups is 1. The van der Waals surface area contributed by atoms with Gasteiger partial charge in [0.15, 0.2) is 6.61 Å². The zero-order valence-corrected chi connectivity index (χ0v) is 12.7. The molecule has 4 heteroatoms. The lowest BCUT2D eigenvalue weighted by atomic mass is 10.1. The topological polar surface area (TPSA) is 53.3 Å². The van der Waals surface area contributed by atoms with E-state index in [-0.39, 0.29) is 12.5 Å². The predicted octanol–water partition coefficient (Wildman–Crippen LogP) is 2.90. The van der Waals surface area contributed by atoms with E-state index in [1.165, 1.54) is 0 Å². The van der Waals surface area contributed by atoms with Crippen molar-refractivity contribution in [3.8, 4) is 11.8 Å². The molecule has 22 heavy (non-hydrogen) atoms. The molecule has 0 saturated carbocycles. The Kier molecular flexibility index (Phi) is 5.16. The Labute approximate surface area is 130 Å². The number of benzene rings is 2. The minimum Gasteiger partial charge on any atom is -0.484 e. The van der Waals surface area contributed by atoms with Crippen molar-refractivity contribution < 1.29 is 9.53 Å². The molecule has 0 fully saturated rings. The largest absolute Gasteiger partial charge is 0.484 e. The van der Waals surface area contributed by atoms with Crippen molar-refractivity contribution in [1.29, 1.82) is 5.26 Å². The molecule has 2 aromatic rings. The summed E-state index contributed by atoms with van der Waals surface area (Å²) in [6.45, 7) is 2.57. The van der Waals surface area contributed by atoms with E-state index in [4.69, 9.17) is 10.00 Å². The summed E-state index contributed by atoms with van der Waals surface area (Å²) in [5.74, 6) is 0.490. The van der Waals surface area contributed by atoms with Gasteiger partial charge in [-0.2, -0.15) is 5.26 Å². The first kappa shape index (κ1) is 15.6. The predicted molar refractivity (Wildman–Crippen MR) is 84.3 cm³/mol. The number of nitriles is 1. The molecule has 0 atom stereocenters. The average molecular weight is 294 g/mol. The summed E-state index contributed by atoms with van der Waals surface area (Å²) in [5.41, 5.74) is 2.85. The van der Waals surface area contributed by atoms with E-state index >= 15 is 0 Å². The highest BCUT2D eigenvalue weighted by Crippen LogP contribution is 2.13.